The molecule has 1 aliphatic heterocycles. The Bertz CT molecular complexity index is 913. The van der Waals surface area contributed by atoms with Gasteiger partial charge in [-0.05, 0) is 49.1 Å². The number of piperidine rings is 1. The molecule has 1 N–H and O–H groups in total. The first-order valence-corrected chi connectivity index (χ1v) is 10.3. The molecule has 27 heavy (non-hydrogen) atoms. The topological polar surface area (TPSA) is 62.3 Å². The van der Waals surface area contributed by atoms with Crippen LogP contribution >= 0.6 is 11.6 Å². The number of nitrogens with zero attached hydrogens (tertiary/aromatic N) is 2. The summed E-state index contributed by atoms with van der Waals surface area (Å²) in [6, 6.07) is 7.41. The second-order valence-electron chi connectivity index (χ2n) is 6.53. The standard InChI is InChI=1S/C17H19ClF3N3O2S/c18-15-4-3-13(16-14(15)2-1-7-23-16)11-22-10-12-5-8-24(9-6-12)27(25,26)17(19,20)21/h1-4,7,12,22H,5-6,8-11H2. The van der Waals surface area contributed by atoms with Crippen LogP contribution in [-0.4, -0.2) is 42.8 Å². The van der Waals surface area contributed by atoms with Crippen molar-refractivity contribution in [2.24, 2.45) is 5.92 Å². The maximum atomic E-state index is 12.6. The molecule has 10 heteroatoms. The van der Waals surface area contributed by atoms with E-state index in [1.165, 1.54) is 0 Å². The molecule has 0 spiro atoms. The van der Waals surface area contributed by atoms with Crippen molar-refractivity contribution in [2.45, 2.75) is 24.9 Å². The van der Waals surface area contributed by atoms with Gasteiger partial charge in [-0.1, -0.05) is 17.7 Å². The Hall–Kier alpha value is -1.42. The number of nitrogens with one attached hydrogen (secondary N) is 1. The molecule has 148 valence electrons. The van der Waals surface area contributed by atoms with Gasteiger partial charge in [-0.2, -0.15) is 17.5 Å². The van der Waals surface area contributed by atoms with E-state index < -0.39 is 15.5 Å². The van der Waals surface area contributed by atoms with Crippen LogP contribution in [0.25, 0.3) is 10.9 Å². The third kappa shape index (κ3) is 4.37. The number of hydrogen-bond donors (Lipinski definition) is 1. The summed E-state index contributed by atoms with van der Waals surface area (Å²) < 4.78 is 61.2. The molecule has 0 radical (unpaired) electrons. The summed E-state index contributed by atoms with van der Waals surface area (Å²) in [6.07, 6.45) is 2.48. The Kier molecular flexibility index (Phi) is 5.95. The second-order valence-corrected chi connectivity index (χ2v) is 8.87. The lowest BCUT2D eigenvalue weighted by Crippen LogP contribution is -2.46. The summed E-state index contributed by atoms with van der Waals surface area (Å²) >= 11 is 6.17. The lowest BCUT2D eigenvalue weighted by molar-refractivity contribution is -0.0496. The molecule has 3 rings (SSSR count). The molecule has 1 aromatic heterocycles. The first kappa shape index (κ1) is 20.3. The molecule has 1 aromatic carbocycles. The van der Waals surface area contributed by atoms with E-state index >= 15 is 0 Å². The summed E-state index contributed by atoms with van der Waals surface area (Å²) in [6.45, 7) is 0.918. The molecule has 0 saturated carbocycles. The number of rotatable bonds is 5. The molecule has 0 atom stereocenters. The van der Waals surface area contributed by atoms with E-state index in [0.29, 0.717) is 35.3 Å². The predicted octanol–water partition coefficient (Wildman–Crippen LogP) is 3.54. The minimum absolute atomic E-state index is 0.111. The van der Waals surface area contributed by atoms with E-state index in [-0.39, 0.29) is 19.0 Å². The fourth-order valence-corrected chi connectivity index (χ4v) is 4.45. The number of hydrogen-bond acceptors (Lipinski definition) is 4. The lowest BCUT2D eigenvalue weighted by Gasteiger charge is -2.31. The van der Waals surface area contributed by atoms with Crippen LogP contribution in [0.5, 0.6) is 0 Å². The molecule has 1 aliphatic rings. The fourth-order valence-electron chi connectivity index (χ4n) is 3.25. The highest BCUT2D eigenvalue weighted by atomic mass is 35.5. The van der Waals surface area contributed by atoms with Gasteiger partial charge in [0.2, 0.25) is 0 Å². The molecule has 1 fully saturated rings. The molecule has 0 unspecified atom stereocenters. The number of aromatic nitrogens is 1. The molecule has 0 amide bonds. The highest BCUT2D eigenvalue weighted by Gasteiger charge is 2.50. The second kappa shape index (κ2) is 7.90. The third-order valence-electron chi connectivity index (χ3n) is 4.75. The Balaban J connectivity index is 1.54. The zero-order valence-electron chi connectivity index (χ0n) is 14.3. The van der Waals surface area contributed by atoms with Crippen molar-refractivity contribution >= 4 is 32.5 Å². The summed E-state index contributed by atoms with van der Waals surface area (Å²) in [5.74, 6) is 0.121. The number of halogens is 4. The van der Waals surface area contributed by atoms with E-state index in [4.69, 9.17) is 11.6 Å². The van der Waals surface area contributed by atoms with Gasteiger partial charge in [0.05, 0.1) is 5.52 Å². The number of pyridine rings is 1. The van der Waals surface area contributed by atoms with Gasteiger partial charge in [0.25, 0.3) is 0 Å². The van der Waals surface area contributed by atoms with E-state index in [1.54, 1.807) is 6.20 Å². The summed E-state index contributed by atoms with van der Waals surface area (Å²) in [7, 11) is -5.22. The van der Waals surface area contributed by atoms with E-state index in [1.807, 2.05) is 24.3 Å². The van der Waals surface area contributed by atoms with Crippen molar-refractivity contribution in [1.82, 2.24) is 14.6 Å². The Morgan fingerprint density at radius 2 is 1.93 bits per heavy atom. The van der Waals surface area contributed by atoms with Gasteiger partial charge in [-0.3, -0.25) is 4.98 Å². The Morgan fingerprint density at radius 1 is 1.22 bits per heavy atom. The molecule has 1 saturated heterocycles. The third-order valence-corrected chi connectivity index (χ3v) is 6.71. The molecular formula is C17H19ClF3N3O2S. The molecule has 2 aromatic rings. The van der Waals surface area contributed by atoms with Gasteiger partial charge in [0, 0.05) is 36.2 Å². The monoisotopic (exact) mass is 421 g/mol. The van der Waals surface area contributed by atoms with Gasteiger partial charge in [-0.15, -0.1) is 0 Å². The number of alkyl halides is 3. The van der Waals surface area contributed by atoms with Crippen LogP contribution in [0.15, 0.2) is 30.5 Å². The zero-order valence-corrected chi connectivity index (χ0v) is 15.9. The van der Waals surface area contributed by atoms with Crippen LogP contribution in [0.3, 0.4) is 0 Å². The molecule has 0 bridgehead atoms. The number of sulfonamides is 1. The average Bonchev–Trinajstić information content (AvgIpc) is 2.63. The van der Waals surface area contributed by atoms with Crippen molar-refractivity contribution in [3.8, 4) is 0 Å². The molecular weight excluding hydrogens is 403 g/mol. The highest BCUT2D eigenvalue weighted by Crippen LogP contribution is 2.30. The minimum Gasteiger partial charge on any atom is -0.312 e. The summed E-state index contributed by atoms with van der Waals surface area (Å²) in [4.78, 5) is 4.36. The van der Waals surface area contributed by atoms with E-state index in [0.717, 1.165) is 16.5 Å². The maximum Gasteiger partial charge on any atom is 0.511 e. The lowest BCUT2D eigenvalue weighted by atomic mass is 9.98. The maximum absolute atomic E-state index is 12.6. The van der Waals surface area contributed by atoms with Crippen LogP contribution in [0.4, 0.5) is 13.2 Å². The molecule has 0 aliphatic carbocycles. The normalized spacial score (nSPS) is 17.5. The van der Waals surface area contributed by atoms with Crippen molar-refractivity contribution in [3.05, 3.63) is 41.0 Å². The van der Waals surface area contributed by atoms with E-state index in [9.17, 15) is 21.6 Å². The van der Waals surface area contributed by atoms with Crippen molar-refractivity contribution in [3.63, 3.8) is 0 Å². The predicted molar refractivity (Wildman–Crippen MR) is 97.7 cm³/mol. The quantitative estimate of drug-likeness (QED) is 0.802. The summed E-state index contributed by atoms with van der Waals surface area (Å²) in [5, 5.41) is 4.78. The Morgan fingerprint density at radius 3 is 2.59 bits per heavy atom. The first-order chi connectivity index (χ1) is 12.7. The van der Waals surface area contributed by atoms with Crippen LogP contribution in [0.1, 0.15) is 18.4 Å². The van der Waals surface area contributed by atoms with Gasteiger partial charge >= 0.3 is 15.5 Å². The average molecular weight is 422 g/mol. The van der Waals surface area contributed by atoms with Gasteiger partial charge in [0.15, 0.2) is 0 Å². The summed E-state index contributed by atoms with van der Waals surface area (Å²) in [5.41, 5.74) is -3.45. The van der Waals surface area contributed by atoms with Crippen molar-refractivity contribution in [1.29, 1.82) is 0 Å². The van der Waals surface area contributed by atoms with Gasteiger partial charge < -0.3 is 5.32 Å². The zero-order chi connectivity index (χ0) is 19.7. The highest BCUT2D eigenvalue weighted by molar-refractivity contribution is 7.90. The van der Waals surface area contributed by atoms with E-state index in [2.05, 4.69) is 10.3 Å². The fraction of sp³-hybridized carbons (Fsp3) is 0.471. The number of fused-ring (bicyclic) bond motifs is 1. The minimum atomic E-state index is -5.24. The van der Waals surface area contributed by atoms with Crippen molar-refractivity contribution in [2.75, 3.05) is 19.6 Å². The van der Waals surface area contributed by atoms with Crippen LogP contribution in [-0.2, 0) is 16.6 Å². The molecule has 5 nitrogen and oxygen atoms in total. The van der Waals surface area contributed by atoms with Crippen LogP contribution in [0, 0.1) is 5.92 Å². The largest absolute Gasteiger partial charge is 0.511 e. The SMILES string of the molecule is O=S(=O)(N1CCC(CNCc2ccc(Cl)c3cccnc23)CC1)C(F)(F)F. The molecule has 2 heterocycles. The Labute approximate surface area is 160 Å². The van der Waals surface area contributed by atoms with Crippen molar-refractivity contribution < 1.29 is 21.6 Å². The van der Waals surface area contributed by atoms with Crippen LogP contribution in [0.2, 0.25) is 5.02 Å². The van der Waals surface area contributed by atoms with Gasteiger partial charge in [-0.25, -0.2) is 8.42 Å². The van der Waals surface area contributed by atoms with Crippen LogP contribution < -0.4 is 5.32 Å². The van der Waals surface area contributed by atoms with Gasteiger partial charge in [0.1, 0.15) is 0 Å². The number of benzene rings is 1. The first-order valence-electron chi connectivity index (χ1n) is 8.49. The smallest absolute Gasteiger partial charge is 0.312 e.